The van der Waals surface area contributed by atoms with Gasteiger partial charge in [0.1, 0.15) is 12.4 Å². The van der Waals surface area contributed by atoms with E-state index in [1.807, 2.05) is 38.1 Å². The summed E-state index contributed by atoms with van der Waals surface area (Å²) in [7, 11) is 1.63. The molecule has 1 heterocycles. The minimum Gasteiger partial charge on any atom is -0.491 e. The largest absolute Gasteiger partial charge is 0.491 e. The van der Waals surface area contributed by atoms with Gasteiger partial charge in [-0.15, -0.1) is 0 Å². The average Bonchev–Trinajstić information content (AvgIpc) is 2.95. The van der Waals surface area contributed by atoms with E-state index in [1.54, 1.807) is 12.0 Å². The average molecular weight is 334 g/mol. The van der Waals surface area contributed by atoms with Gasteiger partial charge in [0.2, 0.25) is 11.8 Å². The predicted octanol–water partition coefficient (Wildman–Crippen LogP) is 1.58. The quantitative estimate of drug-likeness (QED) is 0.733. The minimum atomic E-state index is -0.263. The Kier molecular flexibility index (Phi) is 6.61. The van der Waals surface area contributed by atoms with Crippen molar-refractivity contribution in [2.45, 2.75) is 32.9 Å². The highest BCUT2D eigenvalue weighted by molar-refractivity contribution is 5.89. The van der Waals surface area contributed by atoms with Crippen LogP contribution in [0.25, 0.3) is 0 Å². The van der Waals surface area contributed by atoms with Crippen LogP contribution in [0.4, 0.5) is 0 Å². The molecule has 132 valence electrons. The first-order chi connectivity index (χ1) is 11.5. The molecule has 6 nitrogen and oxygen atoms in total. The van der Waals surface area contributed by atoms with Crippen molar-refractivity contribution >= 4 is 11.8 Å². The number of likely N-dealkylation sites (tertiary alicyclic amines) is 1. The van der Waals surface area contributed by atoms with Gasteiger partial charge in [0.05, 0.1) is 12.5 Å². The molecule has 0 radical (unpaired) electrons. The first-order valence-corrected chi connectivity index (χ1v) is 8.29. The Morgan fingerprint density at radius 3 is 2.83 bits per heavy atom. The molecule has 0 saturated carbocycles. The number of carbonyl (C=O) groups is 2. The molecule has 1 aliphatic heterocycles. The molecule has 0 aromatic heterocycles. The van der Waals surface area contributed by atoms with E-state index in [0.717, 1.165) is 11.3 Å². The van der Waals surface area contributed by atoms with Crippen molar-refractivity contribution in [2.75, 3.05) is 26.9 Å². The number of ether oxygens (including phenoxy) is 2. The number of hydrogen-bond acceptors (Lipinski definition) is 4. The van der Waals surface area contributed by atoms with Crippen molar-refractivity contribution in [3.63, 3.8) is 0 Å². The molecule has 1 aliphatic rings. The van der Waals surface area contributed by atoms with Gasteiger partial charge in [-0.25, -0.2) is 0 Å². The lowest BCUT2D eigenvalue weighted by Gasteiger charge is -2.20. The lowest BCUT2D eigenvalue weighted by Crippen LogP contribution is -2.35. The molecule has 1 saturated heterocycles. The Balaban J connectivity index is 1.84. The van der Waals surface area contributed by atoms with Crippen molar-refractivity contribution in [3.8, 4) is 5.75 Å². The lowest BCUT2D eigenvalue weighted by molar-refractivity contribution is -0.129. The van der Waals surface area contributed by atoms with Gasteiger partial charge in [0.15, 0.2) is 0 Å². The molecule has 2 rings (SSSR count). The molecule has 1 atom stereocenters. The molecule has 1 fully saturated rings. The van der Waals surface area contributed by atoms with E-state index in [9.17, 15) is 9.59 Å². The lowest BCUT2D eigenvalue weighted by atomic mass is 10.1. The van der Waals surface area contributed by atoms with Gasteiger partial charge >= 0.3 is 0 Å². The standard InChI is InChI=1S/C18H26N2O4/c1-13(2)20-12-15(10-17(20)21)18(22)19-11-14-5-4-6-16(9-14)24-8-7-23-3/h4-6,9,13,15H,7-8,10-12H2,1-3H3,(H,19,22)/t15-/m0/s1. The Labute approximate surface area is 143 Å². The Morgan fingerprint density at radius 2 is 2.17 bits per heavy atom. The van der Waals surface area contributed by atoms with Gasteiger partial charge in [0, 0.05) is 32.7 Å². The Morgan fingerprint density at radius 1 is 1.38 bits per heavy atom. The fraction of sp³-hybridized carbons (Fsp3) is 0.556. The number of nitrogens with zero attached hydrogens (tertiary/aromatic N) is 1. The van der Waals surface area contributed by atoms with Crippen LogP contribution < -0.4 is 10.1 Å². The fourth-order valence-electron chi connectivity index (χ4n) is 2.73. The van der Waals surface area contributed by atoms with Gasteiger partial charge in [-0.3, -0.25) is 9.59 Å². The normalized spacial score (nSPS) is 17.4. The number of rotatable bonds is 8. The van der Waals surface area contributed by atoms with E-state index in [2.05, 4.69) is 5.32 Å². The van der Waals surface area contributed by atoms with Crippen molar-refractivity contribution in [2.24, 2.45) is 5.92 Å². The smallest absolute Gasteiger partial charge is 0.225 e. The van der Waals surface area contributed by atoms with Crippen molar-refractivity contribution in [1.29, 1.82) is 0 Å². The number of hydrogen-bond donors (Lipinski definition) is 1. The van der Waals surface area contributed by atoms with E-state index < -0.39 is 0 Å². The van der Waals surface area contributed by atoms with Gasteiger partial charge in [-0.05, 0) is 31.5 Å². The van der Waals surface area contributed by atoms with Crippen LogP contribution in [-0.2, 0) is 20.9 Å². The molecule has 0 unspecified atom stereocenters. The summed E-state index contributed by atoms with van der Waals surface area (Å²) in [4.78, 5) is 25.9. The second-order valence-corrected chi connectivity index (χ2v) is 6.25. The molecule has 1 aromatic carbocycles. The van der Waals surface area contributed by atoms with Crippen LogP contribution in [0.2, 0.25) is 0 Å². The second kappa shape index (κ2) is 8.68. The molecule has 0 spiro atoms. The summed E-state index contributed by atoms with van der Waals surface area (Å²) in [5.41, 5.74) is 0.961. The van der Waals surface area contributed by atoms with Crippen LogP contribution in [0.3, 0.4) is 0 Å². The molecule has 1 aromatic rings. The highest BCUT2D eigenvalue weighted by atomic mass is 16.5. The van der Waals surface area contributed by atoms with E-state index >= 15 is 0 Å². The Hall–Kier alpha value is -2.08. The van der Waals surface area contributed by atoms with Crippen molar-refractivity contribution < 1.29 is 19.1 Å². The molecular weight excluding hydrogens is 308 g/mol. The van der Waals surface area contributed by atoms with Crippen LogP contribution in [0.15, 0.2) is 24.3 Å². The monoisotopic (exact) mass is 334 g/mol. The van der Waals surface area contributed by atoms with Gasteiger partial charge in [-0.1, -0.05) is 12.1 Å². The van der Waals surface area contributed by atoms with Gasteiger partial charge in [-0.2, -0.15) is 0 Å². The van der Waals surface area contributed by atoms with E-state index in [4.69, 9.17) is 9.47 Å². The molecule has 1 N–H and O–H groups in total. The Bertz CT molecular complexity index is 574. The summed E-state index contributed by atoms with van der Waals surface area (Å²) in [5, 5.41) is 2.92. The molecule has 2 amide bonds. The third-order valence-electron chi connectivity index (χ3n) is 4.07. The van der Waals surface area contributed by atoms with E-state index in [0.29, 0.717) is 32.7 Å². The van der Waals surface area contributed by atoms with Crippen LogP contribution in [-0.4, -0.2) is 49.6 Å². The zero-order valence-electron chi connectivity index (χ0n) is 14.6. The molecular formula is C18H26N2O4. The number of amides is 2. The predicted molar refractivity (Wildman–Crippen MR) is 90.6 cm³/mol. The first kappa shape index (κ1) is 18.3. The van der Waals surface area contributed by atoms with Crippen molar-refractivity contribution in [3.05, 3.63) is 29.8 Å². The number of carbonyl (C=O) groups excluding carboxylic acids is 2. The van der Waals surface area contributed by atoms with E-state index in [-0.39, 0.29) is 23.8 Å². The number of methoxy groups -OCH3 is 1. The summed E-state index contributed by atoms with van der Waals surface area (Å²) in [6.45, 7) is 5.88. The highest BCUT2D eigenvalue weighted by Crippen LogP contribution is 2.20. The summed E-state index contributed by atoms with van der Waals surface area (Å²) >= 11 is 0. The fourth-order valence-corrected chi connectivity index (χ4v) is 2.73. The van der Waals surface area contributed by atoms with E-state index in [1.165, 1.54) is 0 Å². The molecule has 6 heteroatoms. The highest BCUT2D eigenvalue weighted by Gasteiger charge is 2.35. The maximum Gasteiger partial charge on any atom is 0.225 e. The first-order valence-electron chi connectivity index (χ1n) is 8.29. The summed E-state index contributed by atoms with van der Waals surface area (Å²) < 4.78 is 10.5. The topological polar surface area (TPSA) is 67.9 Å². The van der Waals surface area contributed by atoms with Gasteiger partial charge < -0.3 is 19.7 Å². The summed E-state index contributed by atoms with van der Waals surface area (Å²) in [6.07, 6.45) is 0.296. The minimum absolute atomic E-state index is 0.0543. The van der Waals surface area contributed by atoms with Crippen LogP contribution in [0, 0.1) is 5.92 Å². The SMILES string of the molecule is COCCOc1cccc(CNC(=O)[C@H]2CC(=O)N(C(C)C)C2)c1. The summed E-state index contributed by atoms with van der Waals surface area (Å²) in [6, 6.07) is 7.73. The van der Waals surface area contributed by atoms with Crippen LogP contribution >= 0.6 is 0 Å². The zero-order valence-corrected chi connectivity index (χ0v) is 14.6. The van der Waals surface area contributed by atoms with Crippen molar-refractivity contribution in [1.82, 2.24) is 10.2 Å². The number of nitrogens with one attached hydrogen (secondary N) is 1. The summed E-state index contributed by atoms with van der Waals surface area (Å²) in [5.74, 6) is 0.470. The number of benzene rings is 1. The maximum atomic E-state index is 12.3. The molecule has 0 aliphatic carbocycles. The third-order valence-corrected chi connectivity index (χ3v) is 4.07. The second-order valence-electron chi connectivity index (χ2n) is 6.25. The molecule has 0 bridgehead atoms. The third kappa shape index (κ3) is 4.96. The van der Waals surface area contributed by atoms with Crippen LogP contribution in [0.1, 0.15) is 25.8 Å². The van der Waals surface area contributed by atoms with Crippen LogP contribution in [0.5, 0.6) is 5.75 Å². The maximum absolute atomic E-state index is 12.3. The zero-order chi connectivity index (χ0) is 17.5. The molecule has 24 heavy (non-hydrogen) atoms. The van der Waals surface area contributed by atoms with Gasteiger partial charge in [0.25, 0.3) is 0 Å².